The topological polar surface area (TPSA) is 93.7 Å². The van der Waals surface area contributed by atoms with E-state index in [1.54, 1.807) is 31.2 Å². The van der Waals surface area contributed by atoms with Crippen LogP contribution in [0.5, 0.6) is 5.75 Å². The maximum atomic E-state index is 12.5. The molecule has 3 aromatic rings. The van der Waals surface area contributed by atoms with Crippen LogP contribution >= 0.6 is 0 Å². The first kappa shape index (κ1) is 23.3. The van der Waals surface area contributed by atoms with E-state index in [1.807, 2.05) is 48.5 Å². The molecule has 0 atom stereocenters. The summed E-state index contributed by atoms with van der Waals surface area (Å²) in [7, 11) is 0. The van der Waals surface area contributed by atoms with Crippen molar-refractivity contribution in [1.82, 2.24) is 5.32 Å². The van der Waals surface area contributed by atoms with Crippen LogP contribution < -0.4 is 15.4 Å². The van der Waals surface area contributed by atoms with Crippen LogP contribution in [0.3, 0.4) is 0 Å². The van der Waals surface area contributed by atoms with E-state index in [1.165, 1.54) is 18.2 Å². The summed E-state index contributed by atoms with van der Waals surface area (Å²) in [5.41, 5.74) is 2.69. The van der Waals surface area contributed by atoms with E-state index < -0.39 is 6.16 Å². The highest BCUT2D eigenvalue weighted by Crippen LogP contribution is 2.16. The van der Waals surface area contributed by atoms with E-state index in [4.69, 9.17) is 9.47 Å². The number of anilines is 1. The lowest BCUT2D eigenvalue weighted by Gasteiger charge is -2.11. The second-order valence-electron chi connectivity index (χ2n) is 6.88. The van der Waals surface area contributed by atoms with Gasteiger partial charge in [0.05, 0.1) is 6.61 Å². The Balaban J connectivity index is 1.57. The lowest BCUT2D eigenvalue weighted by molar-refractivity contribution is -0.111. The summed E-state index contributed by atoms with van der Waals surface area (Å²) in [5.74, 6) is -0.292. The molecule has 0 aliphatic carbocycles. The molecule has 7 nitrogen and oxygen atoms in total. The SMILES string of the molecule is CCOC(=O)Oc1ccc(C(=O)NCc2ccccc2NC(=O)/C=C/c2ccccc2)cc1. The van der Waals surface area contributed by atoms with Gasteiger partial charge in [0.2, 0.25) is 5.91 Å². The normalized spacial score (nSPS) is 10.5. The average Bonchev–Trinajstić information content (AvgIpc) is 2.83. The summed E-state index contributed by atoms with van der Waals surface area (Å²) in [6, 6.07) is 22.9. The number of ether oxygens (including phenoxy) is 2. The molecule has 0 radical (unpaired) electrons. The summed E-state index contributed by atoms with van der Waals surface area (Å²) in [5, 5.41) is 5.67. The first-order chi connectivity index (χ1) is 16.0. The molecule has 0 unspecified atom stereocenters. The van der Waals surface area contributed by atoms with Crippen molar-refractivity contribution in [3.8, 4) is 5.75 Å². The molecule has 0 heterocycles. The predicted molar refractivity (Wildman–Crippen MR) is 126 cm³/mol. The minimum atomic E-state index is -0.799. The summed E-state index contributed by atoms with van der Waals surface area (Å²) in [6.07, 6.45) is 2.40. The van der Waals surface area contributed by atoms with Crippen molar-refractivity contribution in [2.45, 2.75) is 13.5 Å². The van der Waals surface area contributed by atoms with Crippen LogP contribution in [0.4, 0.5) is 10.5 Å². The van der Waals surface area contributed by atoms with Gasteiger partial charge >= 0.3 is 6.16 Å². The van der Waals surface area contributed by atoms with E-state index in [9.17, 15) is 14.4 Å². The summed E-state index contributed by atoms with van der Waals surface area (Å²) >= 11 is 0. The van der Waals surface area contributed by atoms with Gasteiger partial charge in [0.25, 0.3) is 5.91 Å². The van der Waals surface area contributed by atoms with Crippen LogP contribution in [-0.4, -0.2) is 24.6 Å². The highest BCUT2D eigenvalue weighted by atomic mass is 16.7. The number of rotatable bonds is 8. The van der Waals surface area contributed by atoms with E-state index in [2.05, 4.69) is 10.6 Å². The van der Waals surface area contributed by atoms with Gasteiger partial charge in [-0.25, -0.2) is 4.79 Å². The van der Waals surface area contributed by atoms with Crippen LogP contribution in [-0.2, 0) is 16.1 Å². The number of benzene rings is 3. The molecular formula is C26H24N2O5. The molecule has 0 saturated carbocycles. The Morgan fingerprint density at radius 3 is 2.30 bits per heavy atom. The van der Waals surface area contributed by atoms with Crippen LogP contribution in [0, 0.1) is 0 Å². The molecule has 0 aliphatic heterocycles. The van der Waals surface area contributed by atoms with Gasteiger partial charge in [0.1, 0.15) is 5.75 Å². The number of hydrogen-bond acceptors (Lipinski definition) is 5. The Kier molecular flexibility index (Phi) is 8.36. The molecule has 33 heavy (non-hydrogen) atoms. The Labute approximate surface area is 192 Å². The van der Waals surface area contributed by atoms with E-state index in [0.29, 0.717) is 11.3 Å². The fourth-order valence-electron chi connectivity index (χ4n) is 2.90. The molecule has 168 valence electrons. The van der Waals surface area contributed by atoms with Crippen molar-refractivity contribution < 1.29 is 23.9 Å². The molecule has 3 aromatic carbocycles. The maximum Gasteiger partial charge on any atom is 0.513 e. The number of nitrogens with one attached hydrogen (secondary N) is 2. The third-order valence-corrected chi connectivity index (χ3v) is 4.52. The molecule has 0 fully saturated rings. The Morgan fingerprint density at radius 1 is 0.879 bits per heavy atom. The van der Waals surface area contributed by atoms with Crippen molar-refractivity contribution in [3.63, 3.8) is 0 Å². The Morgan fingerprint density at radius 2 is 1.58 bits per heavy atom. The highest BCUT2D eigenvalue weighted by Gasteiger charge is 2.10. The van der Waals surface area contributed by atoms with E-state index in [0.717, 1.165) is 11.1 Å². The molecule has 2 amide bonds. The predicted octanol–water partition coefficient (Wildman–Crippen LogP) is 4.80. The number of hydrogen-bond donors (Lipinski definition) is 2. The number of amides is 2. The smallest absolute Gasteiger partial charge is 0.434 e. The molecule has 0 bridgehead atoms. The van der Waals surface area contributed by atoms with Gasteiger partial charge in [0, 0.05) is 23.9 Å². The minimum absolute atomic E-state index is 0.213. The molecule has 2 N–H and O–H groups in total. The average molecular weight is 444 g/mol. The third kappa shape index (κ3) is 7.36. The highest BCUT2D eigenvalue weighted by molar-refractivity contribution is 6.02. The zero-order chi connectivity index (χ0) is 23.5. The fraction of sp³-hybridized carbons (Fsp3) is 0.115. The first-order valence-corrected chi connectivity index (χ1v) is 10.4. The molecule has 0 spiro atoms. The second kappa shape index (κ2) is 11.9. The molecular weight excluding hydrogens is 420 g/mol. The van der Waals surface area contributed by atoms with Crippen LogP contribution in [0.15, 0.2) is 84.9 Å². The van der Waals surface area contributed by atoms with Crippen molar-refractivity contribution in [2.24, 2.45) is 0 Å². The van der Waals surface area contributed by atoms with Gasteiger partial charge in [-0.2, -0.15) is 0 Å². The van der Waals surface area contributed by atoms with Gasteiger partial charge in [0.15, 0.2) is 0 Å². The van der Waals surface area contributed by atoms with Crippen molar-refractivity contribution >= 4 is 29.7 Å². The molecule has 0 saturated heterocycles. The molecule has 0 aliphatic rings. The van der Waals surface area contributed by atoms with Crippen LogP contribution in [0.2, 0.25) is 0 Å². The van der Waals surface area contributed by atoms with Gasteiger partial charge < -0.3 is 20.1 Å². The molecule has 7 heteroatoms. The van der Waals surface area contributed by atoms with Gasteiger partial charge in [-0.1, -0.05) is 48.5 Å². The summed E-state index contributed by atoms with van der Waals surface area (Å²) < 4.78 is 9.69. The fourth-order valence-corrected chi connectivity index (χ4v) is 2.90. The van der Waals surface area contributed by atoms with Gasteiger partial charge in [-0.05, 0) is 54.5 Å². The lowest BCUT2D eigenvalue weighted by Crippen LogP contribution is -2.23. The van der Waals surface area contributed by atoms with E-state index >= 15 is 0 Å². The first-order valence-electron chi connectivity index (χ1n) is 10.4. The van der Waals surface area contributed by atoms with E-state index in [-0.39, 0.29) is 30.7 Å². The van der Waals surface area contributed by atoms with Gasteiger partial charge in [-0.15, -0.1) is 0 Å². The molecule has 0 aromatic heterocycles. The minimum Gasteiger partial charge on any atom is -0.434 e. The summed E-state index contributed by atoms with van der Waals surface area (Å²) in [4.78, 5) is 36.2. The zero-order valence-corrected chi connectivity index (χ0v) is 18.1. The Hall–Kier alpha value is -4.39. The monoisotopic (exact) mass is 444 g/mol. The van der Waals surface area contributed by atoms with Crippen molar-refractivity contribution in [2.75, 3.05) is 11.9 Å². The second-order valence-corrected chi connectivity index (χ2v) is 6.88. The summed E-state index contributed by atoms with van der Waals surface area (Å²) in [6.45, 7) is 2.11. The van der Waals surface area contributed by atoms with Crippen LogP contribution in [0.1, 0.15) is 28.4 Å². The van der Waals surface area contributed by atoms with Crippen molar-refractivity contribution in [1.29, 1.82) is 0 Å². The standard InChI is InChI=1S/C26H24N2O5/c1-2-32-26(31)33-22-15-13-20(14-16-22)25(30)27-18-21-10-6-7-11-23(21)28-24(29)17-12-19-8-4-3-5-9-19/h3-17H,2,18H2,1H3,(H,27,30)(H,28,29)/b17-12+. The van der Waals surface area contributed by atoms with Crippen molar-refractivity contribution in [3.05, 3.63) is 102 Å². The largest absolute Gasteiger partial charge is 0.513 e. The third-order valence-electron chi connectivity index (χ3n) is 4.52. The molecule has 3 rings (SSSR count). The lowest BCUT2D eigenvalue weighted by atomic mass is 10.1. The zero-order valence-electron chi connectivity index (χ0n) is 18.1. The Bertz CT molecular complexity index is 1120. The quantitative estimate of drug-likeness (QED) is 0.296. The number of carbonyl (C=O) groups excluding carboxylic acids is 3. The van der Waals surface area contributed by atoms with Gasteiger partial charge in [-0.3, -0.25) is 9.59 Å². The number of carbonyl (C=O) groups is 3. The van der Waals surface area contributed by atoms with Crippen LogP contribution in [0.25, 0.3) is 6.08 Å². The maximum absolute atomic E-state index is 12.5. The number of para-hydroxylation sites is 1.